The zero-order valence-corrected chi connectivity index (χ0v) is 9.57. The summed E-state index contributed by atoms with van der Waals surface area (Å²) in [6.45, 7) is 0. The topological polar surface area (TPSA) is 90.9 Å². The number of esters is 2. The van der Waals surface area contributed by atoms with Crippen LogP contribution in [0.25, 0.3) is 0 Å². The molecule has 0 aliphatic rings. The van der Waals surface area contributed by atoms with Crippen molar-refractivity contribution in [1.29, 1.82) is 0 Å². The molecule has 0 aromatic carbocycles. The molecule has 0 heterocycles. The quantitative estimate of drug-likeness (QED) is 0.422. The van der Waals surface area contributed by atoms with Gasteiger partial charge in [-0.2, -0.15) is 0 Å². The number of hydrogen-bond acceptors (Lipinski definition) is 6. The van der Waals surface area contributed by atoms with Gasteiger partial charge in [-0.25, -0.2) is 9.59 Å². The normalized spacial score (nSPS) is 11.2. The second-order valence-corrected chi connectivity index (χ2v) is 2.76. The smallest absolute Gasteiger partial charge is 0.409 e. The molecule has 0 fully saturated rings. The highest BCUT2D eigenvalue weighted by molar-refractivity contribution is 6.17. The van der Waals surface area contributed by atoms with Crippen molar-refractivity contribution in [1.82, 2.24) is 5.32 Å². The van der Waals surface area contributed by atoms with Crippen LogP contribution in [0.1, 0.15) is 6.42 Å². The van der Waals surface area contributed by atoms with Crippen LogP contribution in [0.3, 0.4) is 0 Å². The highest BCUT2D eigenvalue weighted by Crippen LogP contribution is 1.98. The summed E-state index contributed by atoms with van der Waals surface area (Å²) in [6.07, 6.45) is -1.27. The maximum atomic E-state index is 11.2. The van der Waals surface area contributed by atoms with E-state index in [0.717, 1.165) is 14.2 Å². The third-order valence-electron chi connectivity index (χ3n) is 1.56. The van der Waals surface area contributed by atoms with E-state index in [2.05, 4.69) is 19.5 Å². The van der Waals surface area contributed by atoms with E-state index in [1.165, 1.54) is 0 Å². The van der Waals surface area contributed by atoms with E-state index in [4.69, 9.17) is 11.6 Å². The van der Waals surface area contributed by atoms with Crippen molar-refractivity contribution >= 4 is 29.6 Å². The van der Waals surface area contributed by atoms with E-state index >= 15 is 0 Å². The molecule has 0 saturated carbocycles. The molecule has 1 amide bonds. The van der Waals surface area contributed by atoms with Gasteiger partial charge in [0.15, 0.2) is 6.07 Å². The number of alkyl halides is 1. The molecule has 0 saturated heterocycles. The summed E-state index contributed by atoms with van der Waals surface area (Å²) in [5, 5.41) is 2.11. The van der Waals surface area contributed by atoms with Gasteiger partial charge in [-0.15, -0.1) is 0 Å². The van der Waals surface area contributed by atoms with Gasteiger partial charge in [0.1, 0.15) is 6.04 Å². The summed E-state index contributed by atoms with van der Waals surface area (Å²) in [5.74, 6) is -1.45. The Balaban J connectivity index is 4.37. The first-order valence-electron chi connectivity index (χ1n) is 4.19. The van der Waals surface area contributed by atoms with Gasteiger partial charge in [0, 0.05) is 0 Å². The fourth-order valence-corrected chi connectivity index (χ4v) is 0.918. The van der Waals surface area contributed by atoms with E-state index in [1.54, 1.807) is 0 Å². The van der Waals surface area contributed by atoms with Crippen LogP contribution in [0.4, 0.5) is 4.79 Å². The van der Waals surface area contributed by atoms with E-state index < -0.39 is 24.1 Å². The van der Waals surface area contributed by atoms with Crippen molar-refractivity contribution in [3.8, 4) is 0 Å². The number of nitrogens with one attached hydrogen (secondary N) is 1. The number of amides is 1. The van der Waals surface area contributed by atoms with Crippen LogP contribution in [-0.4, -0.2) is 44.4 Å². The molecule has 92 valence electrons. The van der Waals surface area contributed by atoms with E-state index in [9.17, 15) is 14.4 Å². The van der Waals surface area contributed by atoms with Crippen LogP contribution in [0, 0.1) is 0 Å². The molecule has 0 aromatic rings. The molecule has 0 aliphatic carbocycles. The van der Waals surface area contributed by atoms with Gasteiger partial charge < -0.3 is 19.5 Å². The van der Waals surface area contributed by atoms with Crippen molar-refractivity contribution in [2.45, 2.75) is 12.5 Å². The van der Waals surface area contributed by atoms with Gasteiger partial charge in [0.2, 0.25) is 0 Å². The highest BCUT2D eigenvalue weighted by Gasteiger charge is 2.25. The van der Waals surface area contributed by atoms with Crippen molar-refractivity contribution in [3.05, 3.63) is 0 Å². The molecule has 7 nitrogen and oxygen atoms in total. The largest absolute Gasteiger partial charge is 0.469 e. The Bertz CT molecular complexity index is 269. The summed E-state index contributed by atoms with van der Waals surface area (Å²) in [4.78, 5) is 33.1. The van der Waals surface area contributed by atoms with Crippen LogP contribution >= 0.6 is 11.6 Å². The minimum atomic E-state index is -1.16. The Kier molecular flexibility index (Phi) is 7.02. The molecule has 0 unspecified atom stereocenters. The van der Waals surface area contributed by atoms with Crippen molar-refractivity contribution in [3.63, 3.8) is 0 Å². The Morgan fingerprint density at radius 2 is 1.88 bits per heavy atom. The lowest BCUT2D eigenvalue weighted by atomic mass is 10.2. The number of carbonyl (C=O) groups is 3. The Hall–Kier alpha value is -1.50. The van der Waals surface area contributed by atoms with Crippen LogP contribution < -0.4 is 5.32 Å². The number of rotatable bonds is 5. The molecule has 0 aromatic heterocycles. The number of hydrogen-bond donors (Lipinski definition) is 1. The third-order valence-corrected chi connectivity index (χ3v) is 1.67. The third kappa shape index (κ3) is 5.40. The SMILES string of the molecule is COC(=O)C[C@H](NC(=O)OCCl)C(=O)OC. The minimum Gasteiger partial charge on any atom is -0.469 e. The molecule has 8 heteroatoms. The summed E-state index contributed by atoms with van der Waals surface area (Å²) in [6, 6.07) is -1.52. The predicted molar refractivity (Wildman–Crippen MR) is 52.8 cm³/mol. The van der Waals surface area contributed by atoms with Gasteiger partial charge in [0.25, 0.3) is 0 Å². The fraction of sp³-hybridized carbons (Fsp3) is 0.625. The fourth-order valence-electron chi connectivity index (χ4n) is 0.819. The maximum absolute atomic E-state index is 11.2. The molecular weight excluding hydrogens is 242 g/mol. The molecule has 0 spiro atoms. The molecular formula is C8H12ClNO6. The van der Waals surface area contributed by atoms with Gasteiger partial charge in [-0.05, 0) is 0 Å². The molecule has 16 heavy (non-hydrogen) atoms. The van der Waals surface area contributed by atoms with Gasteiger partial charge >= 0.3 is 18.0 Å². The molecule has 1 N–H and O–H groups in total. The zero-order valence-electron chi connectivity index (χ0n) is 8.82. The summed E-state index contributed by atoms with van der Waals surface area (Å²) in [5.41, 5.74) is 0. The number of halogens is 1. The summed E-state index contributed by atoms with van der Waals surface area (Å²) >= 11 is 5.14. The Morgan fingerprint density at radius 1 is 1.25 bits per heavy atom. The minimum absolute atomic E-state index is 0.347. The first-order chi connectivity index (χ1) is 7.54. The second kappa shape index (κ2) is 7.75. The predicted octanol–water partition coefficient (Wildman–Crippen LogP) is 0.0136. The van der Waals surface area contributed by atoms with E-state index in [1.807, 2.05) is 0 Å². The lowest BCUT2D eigenvalue weighted by Crippen LogP contribution is -2.43. The maximum Gasteiger partial charge on any atom is 0.409 e. The number of carbonyl (C=O) groups excluding carboxylic acids is 3. The molecule has 0 rings (SSSR count). The van der Waals surface area contributed by atoms with Crippen LogP contribution in [0.5, 0.6) is 0 Å². The number of ether oxygens (including phenoxy) is 3. The Morgan fingerprint density at radius 3 is 2.31 bits per heavy atom. The van der Waals surface area contributed by atoms with Crippen LogP contribution in [0.15, 0.2) is 0 Å². The standard InChI is InChI=1S/C8H12ClNO6/c1-14-6(11)3-5(7(12)15-2)10-8(13)16-4-9/h5H,3-4H2,1-2H3,(H,10,13)/t5-/m0/s1. The molecule has 1 atom stereocenters. The first-order valence-corrected chi connectivity index (χ1v) is 4.72. The van der Waals surface area contributed by atoms with Gasteiger partial charge in [0.05, 0.1) is 20.6 Å². The summed E-state index contributed by atoms with van der Waals surface area (Å²) < 4.78 is 13.1. The second-order valence-electron chi connectivity index (χ2n) is 2.54. The van der Waals surface area contributed by atoms with Crippen LogP contribution in [0.2, 0.25) is 0 Å². The average Bonchev–Trinajstić information content (AvgIpc) is 2.27. The average molecular weight is 254 g/mol. The van der Waals surface area contributed by atoms with Crippen LogP contribution in [-0.2, 0) is 23.8 Å². The highest BCUT2D eigenvalue weighted by atomic mass is 35.5. The first kappa shape index (κ1) is 14.5. The summed E-state index contributed by atoms with van der Waals surface area (Å²) in [7, 11) is 2.29. The van der Waals surface area contributed by atoms with Gasteiger partial charge in [-0.1, -0.05) is 11.6 Å². The van der Waals surface area contributed by atoms with Gasteiger partial charge in [-0.3, -0.25) is 4.79 Å². The van der Waals surface area contributed by atoms with Crippen molar-refractivity contribution < 1.29 is 28.6 Å². The zero-order chi connectivity index (χ0) is 12.6. The number of alkyl carbamates (subject to hydrolysis) is 1. The number of methoxy groups -OCH3 is 2. The molecule has 0 aliphatic heterocycles. The monoisotopic (exact) mass is 253 g/mol. The molecule has 0 bridgehead atoms. The van der Waals surface area contributed by atoms with Crippen molar-refractivity contribution in [2.75, 3.05) is 20.3 Å². The van der Waals surface area contributed by atoms with E-state index in [-0.39, 0.29) is 12.5 Å². The lowest BCUT2D eigenvalue weighted by molar-refractivity contribution is -0.149. The molecule has 0 radical (unpaired) electrons. The van der Waals surface area contributed by atoms with Crippen molar-refractivity contribution in [2.24, 2.45) is 0 Å². The van der Waals surface area contributed by atoms with E-state index in [0.29, 0.717) is 0 Å². The lowest BCUT2D eigenvalue weighted by Gasteiger charge is -2.14. The Labute approximate surface area is 97.0 Å².